The van der Waals surface area contributed by atoms with Gasteiger partial charge in [-0.1, -0.05) is 64.4 Å². The summed E-state index contributed by atoms with van der Waals surface area (Å²) in [7, 11) is -3.83. The first-order valence-corrected chi connectivity index (χ1v) is 14.0. The van der Waals surface area contributed by atoms with Crippen LogP contribution in [0.5, 0.6) is 0 Å². The first-order valence-electron chi connectivity index (χ1n) is 12.1. The van der Waals surface area contributed by atoms with Gasteiger partial charge in [-0.3, -0.25) is 13.9 Å². The van der Waals surface area contributed by atoms with Crippen molar-refractivity contribution in [2.45, 2.75) is 65.5 Å². The molecule has 0 bridgehead atoms. The van der Waals surface area contributed by atoms with E-state index in [0.717, 1.165) is 29.0 Å². The summed E-state index contributed by atoms with van der Waals surface area (Å²) in [5.74, 6) is -1.50. The number of hydrogen-bond acceptors (Lipinski definition) is 4. The predicted octanol–water partition coefficient (Wildman–Crippen LogP) is 4.22. The molecule has 0 saturated heterocycles. The summed E-state index contributed by atoms with van der Waals surface area (Å²) in [5, 5.41) is 2.80. The van der Waals surface area contributed by atoms with Crippen molar-refractivity contribution < 1.29 is 22.4 Å². The van der Waals surface area contributed by atoms with Gasteiger partial charge in [-0.25, -0.2) is 12.8 Å². The number of carbonyl (C=O) groups is 2. The van der Waals surface area contributed by atoms with Crippen molar-refractivity contribution in [2.75, 3.05) is 23.7 Å². The van der Waals surface area contributed by atoms with Gasteiger partial charge in [0.05, 0.1) is 11.9 Å². The Balaban J connectivity index is 2.38. The first kappa shape index (κ1) is 29.3. The quantitative estimate of drug-likeness (QED) is 0.451. The van der Waals surface area contributed by atoms with Crippen molar-refractivity contribution >= 4 is 27.5 Å². The molecule has 7 nitrogen and oxygen atoms in total. The number of rotatable bonds is 11. The zero-order valence-electron chi connectivity index (χ0n) is 22.0. The molecule has 0 heterocycles. The van der Waals surface area contributed by atoms with E-state index in [1.54, 1.807) is 31.2 Å². The smallest absolute Gasteiger partial charge is 0.244 e. The average Bonchev–Trinajstić information content (AvgIpc) is 2.80. The molecule has 2 amide bonds. The molecule has 2 rings (SSSR count). The van der Waals surface area contributed by atoms with Crippen molar-refractivity contribution in [1.29, 1.82) is 0 Å². The van der Waals surface area contributed by atoms with Gasteiger partial charge in [0, 0.05) is 18.7 Å². The molecule has 36 heavy (non-hydrogen) atoms. The third-order valence-electron chi connectivity index (χ3n) is 6.00. The molecule has 0 aliphatic rings. The third kappa shape index (κ3) is 8.05. The fourth-order valence-corrected chi connectivity index (χ4v) is 4.52. The highest BCUT2D eigenvalue weighted by atomic mass is 32.2. The van der Waals surface area contributed by atoms with Gasteiger partial charge < -0.3 is 10.2 Å². The number of carbonyl (C=O) groups excluding carboxylic acids is 2. The number of sulfonamides is 1. The van der Waals surface area contributed by atoms with E-state index in [1.165, 1.54) is 17.0 Å². The molecule has 198 valence electrons. The number of nitrogens with zero attached hydrogens (tertiary/aromatic N) is 2. The van der Waals surface area contributed by atoms with E-state index in [2.05, 4.69) is 5.32 Å². The lowest BCUT2D eigenvalue weighted by atomic mass is 9.87. The molecule has 2 aromatic carbocycles. The Hall–Kier alpha value is -2.94. The second-order valence-corrected chi connectivity index (χ2v) is 11.9. The molecule has 0 saturated carbocycles. The van der Waals surface area contributed by atoms with Crippen LogP contribution in [0, 0.1) is 5.82 Å². The van der Waals surface area contributed by atoms with E-state index < -0.39 is 34.3 Å². The van der Waals surface area contributed by atoms with Gasteiger partial charge in [-0.05, 0) is 42.5 Å². The second-order valence-electron chi connectivity index (χ2n) is 10.0. The van der Waals surface area contributed by atoms with Crippen LogP contribution in [0.1, 0.15) is 58.6 Å². The van der Waals surface area contributed by atoms with Gasteiger partial charge in [0.1, 0.15) is 18.4 Å². The van der Waals surface area contributed by atoms with E-state index in [-0.39, 0.29) is 23.4 Å². The van der Waals surface area contributed by atoms with E-state index in [9.17, 15) is 22.4 Å². The summed E-state index contributed by atoms with van der Waals surface area (Å²) in [6.07, 6.45) is 2.70. The van der Waals surface area contributed by atoms with Gasteiger partial charge in [0.15, 0.2) is 0 Å². The Kier molecular flexibility index (Phi) is 10.0. The summed E-state index contributed by atoms with van der Waals surface area (Å²) in [4.78, 5) is 27.5. The maximum Gasteiger partial charge on any atom is 0.244 e. The van der Waals surface area contributed by atoms with Crippen LogP contribution in [-0.2, 0) is 31.6 Å². The molecule has 0 aliphatic heterocycles. The first-order chi connectivity index (χ1) is 16.8. The van der Waals surface area contributed by atoms with Gasteiger partial charge in [0.2, 0.25) is 21.8 Å². The molecule has 1 N–H and O–H groups in total. The maximum atomic E-state index is 14.4. The van der Waals surface area contributed by atoms with Crippen molar-refractivity contribution in [3.8, 4) is 0 Å². The molecular formula is C27H38FN3O4S. The SMILES string of the molecule is CCCCNC(=O)[C@H](C)N(Cc1ccccc1F)C(=O)CN(c1ccc(C(C)(C)C)cc1)S(C)(=O)=O. The summed E-state index contributed by atoms with van der Waals surface area (Å²) < 4.78 is 40.8. The van der Waals surface area contributed by atoms with Crippen LogP contribution in [0.4, 0.5) is 10.1 Å². The van der Waals surface area contributed by atoms with Crippen LogP contribution < -0.4 is 9.62 Å². The number of halogens is 1. The Morgan fingerprint density at radius 2 is 1.67 bits per heavy atom. The molecule has 0 radical (unpaired) electrons. The van der Waals surface area contributed by atoms with Crippen LogP contribution in [0.2, 0.25) is 0 Å². The lowest BCUT2D eigenvalue weighted by molar-refractivity contribution is -0.139. The highest BCUT2D eigenvalue weighted by molar-refractivity contribution is 7.92. The molecule has 0 unspecified atom stereocenters. The molecule has 9 heteroatoms. The number of benzene rings is 2. The zero-order valence-corrected chi connectivity index (χ0v) is 22.9. The van der Waals surface area contributed by atoms with E-state index in [0.29, 0.717) is 12.2 Å². The summed E-state index contributed by atoms with van der Waals surface area (Å²) in [6, 6.07) is 12.1. The van der Waals surface area contributed by atoms with Crippen LogP contribution in [0.3, 0.4) is 0 Å². The standard InChI is InChI=1S/C27H38FN3O4S/c1-7-8-17-29-26(33)20(2)30(18-21-11-9-10-12-24(21)28)25(32)19-31(36(6,34)35)23-15-13-22(14-16-23)27(3,4)5/h9-16,20H,7-8,17-19H2,1-6H3,(H,29,33)/t20-/m0/s1. The minimum atomic E-state index is -3.83. The van der Waals surface area contributed by atoms with E-state index in [4.69, 9.17) is 0 Å². The lowest BCUT2D eigenvalue weighted by Gasteiger charge is -2.31. The number of anilines is 1. The van der Waals surface area contributed by atoms with Crippen LogP contribution in [0.25, 0.3) is 0 Å². The number of nitrogens with one attached hydrogen (secondary N) is 1. The topological polar surface area (TPSA) is 86.8 Å². The van der Waals surface area contributed by atoms with Gasteiger partial charge >= 0.3 is 0 Å². The number of amides is 2. The number of unbranched alkanes of at least 4 members (excludes halogenated alkanes) is 1. The molecule has 2 aromatic rings. The molecule has 0 aliphatic carbocycles. The zero-order chi connectivity index (χ0) is 27.1. The summed E-state index contributed by atoms with van der Waals surface area (Å²) >= 11 is 0. The minimum absolute atomic E-state index is 0.124. The highest BCUT2D eigenvalue weighted by Gasteiger charge is 2.30. The largest absolute Gasteiger partial charge is 0.354 e. The Bertz CT molecular complexity index is 1140. The van der Waals surface area contributed by atoms with Crippen LogP contribution >= 0.6 is 0 Å². The summed E-state index contributed by atoms with van der Waals surface area (Å²) in [6.45, 7) is 9.47. The predicted molar refractivity (Wildman–Crippen MR) is 142 cm³/mol. The van der Waals surface area contributed by atoms with Crippen molar-refractivity contribution in [1.82, 2.24) is 10.2 Å². The highest BCUT2D eigenvalue weighted by Crippen LogP contribution is 2.26. The Morgan fingerprint density at radius 1 is 1.06 bits per heavy atom. The molecule has 0 aromatic heterocycles. The molecule has 0 spiro atoms. The fourth-order valence-electron chi connectivity index (χ4n) is 3.67. The lowest BCUT2D eigenvalue weighted by Crippen LogP contribution is -2.51. The monoisotopic (exact) mass is 519 g/mol. The normalized spacial score (nSPS) is 12.6. The molecular weight excluding hydrogens is 481 g/mol. The van der Waals surface area contributed by atoms with Gasteiger partial charge in [0.25, 0.3) is 0 Å². The van der Waals surface area contributed by atoms with E-state index >= 15 is 0 Å². The van der Waals surface area contributed by atoms with Crippen LogP contribution in [0.15, 0.2) is 48.5 Å². The van der Waals surface area contributed by atoms with Crippen molar-refractivity contribution in [3.05, 3.63) is 65.5 Å². The average molecular weight is 520 g/mol. The van der Waals surface area contributed by atoms with Gasteiger partial charge in [-0.15, -0.1) is 0 Å². The summed E-state index contributed by atoms with van der Waals surface area (Å²) in [5.41, 5.74) is 1.47. The second kappa shape index (κ2) is 12.3. The molecule has 0 fully saturated rings. The molecule has 1 atom stereocenters. The third-order valence-corrected chi connectivity index (χ3v) is 7.14. The Labute approximate surface area is 214 Å². The van der Waals surface area contributed by atoms with Crippen LogP contribution in [-0.4, -0.2) is 50.5 Å². The van der Waals surface area contributed by atoms with Crippen molar-refractivity contribution in [2.24, 2.45) is 0 Å². The minimum Gasteiger partial charge on any atom is -0.354 e. The number of hydrogen-bond donors (Lipinski definition) is 1. The fraction of sp³-hybridized carbons (Fsp3) is 0.481. The van der Waals surface area contributed by atoms with Crippen molar-refractivity contribution in [3.63, 3.8) is 0 Å². The van der Waals surface area contributed by atoms with Gasteiger partial charge in [-0.2, -0.15) is 0 Å². The Morgan fingerprint density at radius 3 is 2.19 bits per heavy atom. The maximum absolute atomic E-state index is 14.4. The van der Waals surface area contributed by atoms with E-state index in [1.807, 2.05) is 39.8 Å².